The van der Waals surface area contributed by atoms with E-state index in [4.69, 9.17) is 0 Å². The molecule has 0 saturated heterocycles. The largest absolute Gasteiger partial charge is 0.365 e. The minimum atomic E-state index is 0.0722. The molecule has 4 rings (SSSR count). The third kappa shape index (κ3) is 3.73. The van der Waals surface area contributed by atoms with Gasteiger partial charge in [-0.25, -0.2) is 15.0 Å². The van der Waals surface area contributed by atoms with E-state index in [0.717, 1.165) is 48.8 Å². The summed E-state index contributed by atoms with van der Waals surface area (Å²) in [6.07, 6.45) is 1.82. The Morgan fingerprint density at radius 1 is 1.07 bits per heavy atom. The summed E-state index contributed by atoms with van der Waals surface area (Å²) in [6, 6.07) is 9.81. The summed E-state index contributed by atoms with van der Waals surface area (Å²) in [6.45, 7) is 10.00. The van der Waals surface area contributed by atoms with Gasteiger partial charge < -0.3 is 10.2 Å². The van der Waals surface area contributed by atoms with Gasteiger partial charge in [0.1, 0.15) is 16.5 Å². The Hall–Kier alpha value is -3.06. The first-order chi connectivity index (χ1) is 14.5. The van der Waals surface area contributed by atoms with E-state index in [0.29, 0.717) is 19.6 Å². The van der Waals surface area contributed by atoms with Crippen LogP contribution in [0, 0.1) is 13.8 Å². The molecule has 0 radical (unpaired) electrons. The number of rotatable bonds is 6. The number of pyridine rings is 1. The van der Waals surface area contributed by atoms with Gasteiger partial charge in [0, 0.05) is 42.2 Å². The van der Waals surface area contributed by atoms with Gasteiger partial charge in [0.05, 0.1) is 10.4 Å². The number of aromatic nitrogens is 3. The molecule has 0 unspecified atom stereocenters. The second-order valence-corrected chi connectivity index (χ2v) is 8.20. The second kappa shape index (κ2) is 8.36. The monoisotopic (exact) mass is 419 g/mol. The molecule has 4 aromatic rings. The van der Waals surface area contributed by atoms with Crippen molar-refractivity contribution in [3.8, 4) is 0 Å². The number of nitrogens with zero attached hydrogens (tertiary/aromatic N) is 4. The van der Waals surface area contributed by atoms with Crippen LogP contribution in [-0.4, -0.2) is 38.8 Å². The highest BCUT2D eigenvalue weighted by atomic mass is 32.1. The molecule has 0 aliphatic heterocycles. The Balaban J connectivity index is 1.57. The molecule has 0 aliphatic carbocycles. The molecule has 7 heteroatoms. The molecule has 1 amide bonds. The number of aryl methyl sites for hydroxylation is 2. The Labute approximate surface area is 180 Å². The lowest BCUT2D eigenvalue weighted by atomic mass is 10.1. The number of fused-ring (bicyclic) bond motifs is 3. The van der Waals surface area contributed by atoms with E-state index in [1.807, 2.05) is 69.1 Å². The van der Waals surface area contributed by atoms with Crippen LogP contribution in [0.1, 0.15) is 41.3 Å². The van der Waals surface area contributed by atoms with Gasteiger partial charge >= 0.3 is 0 Å². The van der Waals surface area contributed by atoms with Gasteiger partial charge in [0.2, 0.25) is 0 Å². The predicted octanol–water partition coefficient (Wildman–Crippen LogP) is 4.95. The molecule has 0 aliphatic rings. The highest BCUT2D eigenvalue weighted by molar-refractivity contribution is 7.26. The number of thiophene rings is 1. The number of amides is 1. The van der Waals surface area contributed by atoms with E-state index in [1.54, 1.807) is 11.3 Å². The summed E-state index contributed by atoms with van der Waals surface area (Å²) in [5.41, 5.74) is 2.81. The Morgan fingerprint density at radius 3 is 2.50 bits per heavy atom. The van der Waals surface area contributed by atoms with E-state index in [1.165, 1.54) is 0 Å². The molecule has 1 N–H and O–H groups in total. The quantitative estimate of drug-likeness (QED) is 0.479. The zero-order valence-corrected chi connectivity index (χ0v) is 18.5. The molecular formula is C23H25N5OS. The predicted molar refractivity (Wildman–Crippen MR) is 123 cm³/mol. The summed E-state index contributed by atoms with van der Waals surface area (Å²) in [5, 5.41) is 5.68. The fourth-order valence-corrected chi connectivity index (χ4v) is 4.91. The molecule has 1 aromatic carbocycles. The molecule has 30 heavy (non-hydrogen) atoms. The number of hydrogen-bond acceptors (Lipinski definition) is 6. The van der Waals surface area contributed by atoms with Crippen molar-refractivity contribution in [3.05, 3.63) is 59.2 Å². The van der Waals surface area contributed by atoms with Gasteiger partial charge in [-0.3, -0.25) is 4.79 Å². The van der Waals surface area contributed by atoms with Gasteiger partial charge in [-0.15, -0.1) is 11.3 Å². The molecule has 154 valence electrons. The number of nitrogens with one attached hydrogen (secondary N) is 1. The summed E-state index contributed by atoms with van der Waals surface area (Å²) < 4.78 is 1.09. The van der Waals surface area contributed by atoms with Crippen molar-refractivity contribution in [1.29, 1.82) is 0 Å². The van der Waals surface area contributed by atoms with Gasteiger partial charge in [0.25, 0.3) is 5.91 Å². The average molecular weight is 420 g/mol. The zero-order valence-electron chi connectivity index (χ0n) is 17.7. The SMILES string of the molecule is CCN(CC)C(=O)c1ccc(CNc2nccc3c2sc2nc(C)nc(C)c23)cc1. The third-order valence-electron chi connectivity index (χ3n) is 5.25. The van der Waals surface area contributed by atoms with Crippen LogP contribution in [0.15, 0.2) is 36.5 Å². The number of hydrogen-bond donors (Lipinski definition) is 1. The van der Waals surface area contributed by atoms with Gasteiger partial charge in [-0.1, -0.05) is 12.1 Å². The van der Waals surface area contributed by atoms with Gasteiger partial charge in [-0.2, -0.15) is 0 Å². The zero-order chi connectivity index (χ0) is 21.3. The van der Waals surface area contributed by atoms with Crippen molar-refractivity contribution in [2.45, 2.75) is 34.2 Å². The first-order valence-corrected chi connectivity index (χ1v) is 11.0. The van der Waals surface area contributed by atoms with Crippen molar-refractivity contribution in [2.75, 3.05) is 18.4 Å². The molecule has 6 nitrogen and oxygen atoms in total. The summed E-state index contributed by atoms with van der Waals surface area (Å²) >= 11 is 1.64. The minimum Gasteiger partial charge on any atom is -0.365 e. The summed E-state index contributed by atoms with van der Waals surface area (Å²) in [4.78, 5) is 29.0. The molecule has 0 bridgehead atoms. The smallest absolute Gasteiger partial charge is 0.253 e. The maximum Gasteiger partial charge on any atom is 0.253 e. The third-order valence-corrected chi connectivity index (χ3v) is 6.36. The van der Waals surface area contributed by atoms with E-state index < -0.39 is 0 Å². The lowest BCUT2D eigenvalue weighted by Gasteiger charge is -2.18. The van der Waals surface area contributed by atoms with Crippen molar-refractivity contribution in [3.63, 3.8) is 0 Å². The molecular weight excluding hydrogens is 394 g/mol. The minimum absolute atomic E-state index is 0.0722. The molecule has 0 saturated carbocycles. The van der Waals surface area contributed by atoms with Crippen LogP contribution in [0.4, 0.5) is 5.82 Å². The fraction of sp³-hybridized carbons (Fsp3) is 0.304. The first-order valence-electron chi connectivity index (χ1n) is 10.2. The maximum absolute atomic E-state index is 12.5. The standard InChI is InChI=1S/C23H25N5OS/c1-5-28(6-2)23(29)17-9-7-16(8-10-17)13-25-21-20-18(11-12-24-21)19-14(3)26-15(4)27-22(19)30-20/h7-12H,5-6,13H2,1-4H3,(H,24,25). The summed E-state index contributed by atoms with van der Waals surface area (Å²) in [5.74, 6) is 1.70. The fourth-order valence-electron chi connectivity index (χ4n) is 3.68. The van der Waals surface area contributed by atoms with Crippen LogP contribution in [-0.2, 0) is 6.54 Å². The van der Waals surface area contributed by atoms with E-state index in [9.17, 15) is 4.79 Å². The van der Waals surface area contributed by atoms with Gasteiger partial charge in [0.15, 0.2) is 0 Å². The molecule has 3 aromatic heterocycles. The topological polar surface area (TPSA) is 71.0 Å². The van der Waals surface area contributed by atoms with Crippen molar-refractivity contribution >= 4 is 43.4 Å². The number of carbonyl (C=O) groups is 1. The number of anilines is 1. The van der Waals surface area contributed by atoms with Gasteiger partial charge in [-0.05, 0) is 51.5 Å². The van der Waals surface area contributed by atoms with Crippen molar-refractivity contribution in [1.82, 2.24) is 19.9 Å². The second-order valence-electron chi connectivity index (χ2n) is 7.20. The van der Waals surface area contributed by atoms with E-state index >= 15 is 0 Å². The normalized spacial score (nSPS) is 11.2. The van der Waals surface area contributed by atoms with E-state index in [-0.39, 0.29) is 5.91 Å². The van der Waals surface area contributed by atoms with Crippen LogP contribution in [0.3, 0.4) is 0 Å². The molecule has 0 atom stereocenters. The highest BCUT2D eigenvalue weighted by Gasteiger charge is 2.15. The highest BCUT2D eigenvalue weighted by Crippen LogP contribution is 2.37. The van der Waals surface area contributed by atoms with Crippen LogP contribution >= 0.6 is 11.3 Å². The Kier molecular flexibility index (Phi) is 5.63. The Morgan fingerprint density at radius 2 is 1.80 bits per heavy atom. The average Bonchev–Trinajstić information content (AvgIpc) is 3.12. The van der Waals surface area contributed by atoms with Crippen molar-refractivity contribution in [2.24, 2.45) is 0 Å². The lowest BCUT2D eigenvalue weighted by Crippen LogP contribution is -2.30. The molecule has 0 spiro atoms. The van der Waals surface area contributed by atoms with Crippen LogP contribution in [0.5, 0.6) is 0 Å². The van der Waals surface area contributed by atoms with E-state index in [2.05, 4.69) is 20.3 Å². The molecule has 0 fully saturated rings. The Bertz CT molecular complexity index is 1210. The van der Waals surface area contributed by atoms with Crippen LogP contribution < -0.4 is 5.32 Å². The maximum atomic E-state index is 12.5. The first kappa shape index (κ1) is 20.2. The van der Waals surface area contributed by atoms with Crippen LogP contribution in [0.25, 0.3) is 20.3 Å². The number of carbonyl (C=O) groups excluding carboxylic acids is 1. The summed E-state index contributed by atoms with van der Waals surface area (Å²) in [7, 11) is 0. The number of benzene rings is 1. The van der Waals surface area contributed by atoms with Crippen LogP contribution in [0.2, 0.25) is 0 Å². The molecule has 3 heterocycles. The lowest BCUT2D eigenvalue weighted by molar-refractivity contribution is 0.0773. The van der Waals surface area contributed by atoms with Crippen molar-refractivity contribution < 1.29 is 4.79 Å².